The van der Waals surface area contributed by atoms with Crippen molar-refractivity contribution in [2.45, 2.75) is 20.3 Å². The van der Waals surface area contributed by atoms with Crippen LogP contribution in [0.4, 0.5) is 0 Å². The number of rotatable bonds is 3. The number of hydrogen-bond donors (Lipinski definition) is 0. The van der Waals surface area contributed by atoms with E-state index >= 15 is 0 Å². The van der Waals surface area contributed by atoms with Gasteiger partial charge in [-0.1, -0.05) is 13.8 Å². The van der Waals surface area contributed by atoms with Gasteiger partial charge >= 0.3 is 0 Å². The summed E-state index contributed by atoms with van der Waals surface area (Å²) in [6.07, 6.45) is 0.577. The maximum Gasteiger partial charge on any atom is 0.241 e. The van der Waals surface area contributed by atoms with E-state index in [9.17, 15) is 13.2 Å². The van der Waals surface area contributed by atoms with Crippen molar-refractivity contribution in [2.24, 2.45) is 5.41 Å². The Labute approximate surface area is 89.3 Å². The second-order valence-electron chi connectivity index (χ2n) is 4.02. The predicted octanol–water partition coefficient (Wildman–Crippen LogP) is 0.814. The lowest BCUT2D eigenvalue weighted by Crippen LogP contribution is -2.37. The van der Waals surface area contributed by atoms with Gasteiger partial charge in [0, 0.05) is 17.8 Å². The fourth-order valence-electron chi connectivity index (χ4n) is 1.40. The van der Waals surface area contributed by atoms with Crippen LogP contribution in [-0.4, -0.2) is 36.8 Å². The fraction of sp³-hybridized carbons (Fsp3) is 0.875. The monoisotopic (exact) mass is 239 g/mol. The molecule has 0 radical (unpaired) electrons. The van der Waals surface area contributed by atoms with Gasteiger partial charge in [-0.05, 0) is 6.42 Å². The Morgan fingerprint density at radius 2 is 2.07 bits per heavy atom. The van der Waals surface area contributed by atoms with E-state index in [-0.39, 0.29) is 24.1 Å². The van der Waals surface area contributed by atoms with Gasteiger partial charge in [-0.2, -0.15) is 0 Å². The summed E-state index contributed by atoms with van der Waals surface area (Å²) in [6.45, 7) is 3.79. The standard InChI is InChI=1S/C8H14ClNO3S/c1-8(2)3-5-10(7(8)11)14(12,13)6-4-9/h3-6H2,1-2H3. The van der Waals surface area contributed by atoms with Gasteiger partial charge in [-0.15, -0.1) is 11.6 Å². The number of carbonyl (C=O) groups is 1. The summed E-state index contributed by atoms with van der Waals surface area (Å²) in [5, 5.41) is 0. The molecule has 0 N–H and O–H groups in total. The van der Waals surface area contributed by atoms with Crippen LogP contribution in [0.15, 0.2) is 0 Å². The Morgan fingerprint density at radius 3 is 2.43 bits per heavy atom. The first-order chi connectivity index (χ1) is 6.31. The van der Waals surface area contributed by atoms with Crippen LogP contribution in [0, 0.1) is 5.41 Å². The Balaban J connectivity index is 2.89. The quantitative estimate of drug-likeness (QED) is 0.685. The molecule has 1 amide bonds. The molecule has 0 aromatic heterocycles. The number of sulfonamides is 1. The molecule has 0 saturated carbocycles. The molecule has 0 unspecified atom stereocenters. The first kappa shape index (κ1) is 11.8. The normalized spacial score (nSPS) is 21.6. The zero-order chi connectivity index (χ0) is 11.0. The Hall–Kier alpha value is -0.290. The van der Waals surface area contributed by atoms with Crippen LogP contribution in [0.3, 0.4) is 0 Å². The highest BCUT2D eigenvalue weighted by Gasteiger charge is 2.43. The molecule has 6 heteroatoms. The number of halogens is 1. The van der Waals surface area contributed by atoms with Crippen LogP contribution < -0.4 is 0 Å². The smallest absolute Gasteiger partial charge is 0.241 e. The third kappa shape index (κ3) is 2.03. The van der Waals surface area contributed by atoms with E-state index < -0.39 is 15.4 Å². The van der Waals surface area contributed by atoms with Gasteiger partial charge < -0.3 is 0 Å². The van der Waals surface area contributed by atoms with E-state index in [1.165, 1.54) is 0 Å². The second kappa shape index (κ2) is 3.70. The van der Waals surface area contributed by atoms with Crippen molar-refractivity contribution in [1.29, 1.82) is 0 Å². The summed E-state index contributed by atoms with van der Waals surface area (Å²) in [7, 11) is -3.48. The Kier molecular flexibility index (Phi) is 3.11. The Bertz CT molecular complexity index is 336. The topological polar surface area (TPSA) is 54.5 Å². The molecule has 0 aromatic carbocycles. The molecule has 82 valence electrons. The number of amides is 1. The minimum atomic E-state index is -3.48. The molecule has 1 heterocycles. The van der Waals surface area contributed by atoms with E-state index in [2.05, 4.69) is 0 Å². The molecule has 0 aromatic rings. The first-order valence-corrected chi connectivity index (χ1v) is 6.56. The molecule has 1 saturated heterocycles. The van der Waals surface area contributed by atoms with Gasteiger partial charge in [0.15, 0.2) is 0 Å². The lowest BCUT2D eigenvalue weighted by Gasteiger charge is -2.18. The van der Waals surface area contributed by atoms with Gasteiger partial charge in [0.05, 0.1) is 5.75 Å². The van der Waals surface area contributed by atoms with Crippen LogP contribution >= 0.6 is 11.6 Å². The summed E-state index contributed by atoms with van der Waals surface area (Å²) in [6, 6.07) is 0. The Morgan fingerprint density at radius 1 is 1.50 bits per heavy atom. The van der Waals surface area contributed by atoms with Crippen LogP contribution in [0.1, 0.15) is 20.3 Å². The average molecular weight is 240 g/mol. The van der Waals surface area contributed by atoms with Gasteiger partial charge in [0.1, 0.15) is 0 Å². The van der Waals surface area contributed by atoms with Crippen LogP contribution in [0.25, 0.3) is 0 Å². The van der Waals surface area contributed by atoms with E-state index in [1.54, 1.807) is 13.8 Å². The fourth-order valence-corrected chi connectivity index (χ4v) is 3.27. The van der Waals surface area contributed by atoms with E-state index in [0.29, 0.717) is 6.42 Å². The highest BCUT2D eigenvalue weighted by atomic mass is 35.5. The average Bonchev–Trinajstić information content (AvgIpc) is 2.27. The van der Waals surface area contributed by atoms with Crippen molar-refractivity contribution < 1.29 is 13.2 Å². The summed E-state index contributed by atoms with van der Waals surface area (Å²) >= 11 is 5.37. The van der Waals surface area contributed by atoms with Crippen LogP contribution in [-0.2, 0) is 14.8 Å². The largest absolute Gasteiger partial charge is 0.273 e. The summed E-state index contributed by atoms with van der Waals surface area (Å²) in [4.78, 5) is 11.7. The molecule has 0 spiro atoms. The van der Waals surface area contributed by atoms with Crippen molar-refractivity contribution in [1.82, 2.24) is 4.31 Å². The van der Waals surface area contributed by atoms with Crippen LogP contribution in [0.5, 0.6) is 0 Å². The number of alkyl halides is 1. The molecule has 0 atom stereocenters. The number of hydrogen-bond acceptors (Lipinski definition) is 3. The highest BCUT2D eigenvalue weighted by molar-refractivity contribution is 7.89. The van der Waals surface area contributed by atoms with E-state index in [0.717, 1.165) is 4.31 Å². The molecule has 1 rings (SSSR count). The molecule has 4 nitrogen and oxygen atoms in total. The summed E-state index contributed by atoms with van der Waals surface area (Å²) in [5.74, 6) is -0.467. The summed E-state index contributed by atoms with van der Waals surface area (Å²) < 4.78 is 24.1. The predicted molar refractivity (Wildman–Crippen MR) is 54.6 cm³/mol. The van der Waals surface area contributed by atoms with Gasteiger partial charge in [-0.25, -0.2) is 12.7 Å². The van der Waals surface area contributed by atoms with Crippen LogP contribution in [0.2, 0.25) is 0 Å². The van der Waals surface area contributed by atoms with Gasteiger partial charge in [0.2, 0.25) is 15.9 Å². The molecular formula is C8H14ClNO3S. The maximum atomic E-state index is 11.7. The molecule has 1 fully saturated rings. The third-order valence-electron chi connectivity index (χ3n) is 2.42. The van der Waals surface area contributed by atoms with Crippen molar-refractivity contribution in [3.05, 3.63) is 0 Å². The molecule has 0 aliphatic carbocycles. The van der Waals surface area contributed by atoms with E-state index in [1.807, 2.05) is 0 Å². The lowest BCUT2D eigenvalue weighted by atomic mass is 9.92. The van der Waals surface area contributed by atoms with Crippen molar-refractivity contribution in [2.75, 3.05) is 18.2 Å². The maximum absolute atomic E-state index is 11.7. The molecule has 1 aliphatic heterocycles. The highest BCUT2D eigenvalue weighted by Crippen LogP contribution is 2.32. The zero-order valence-corrected chi connectivity index (χ0v) is 9.86. The molecular weight excluding hydrogens is 226 g/mol. The SMILES string of the molecule is CC1(C)CCN(S(=O)(=O)CCCl)C1=O. The van der Waals surface area contributed by atoms with Crippen molar-refractivity contribution >= 4 is 27.5 Å². The lowest BCUT2D eigenvalue weighted by molar-refractivity contribution is -0.130. The van der Waals surface area contributed by atoms with Gasteiger partial charge in [-0.3, -0.25) is 4.79 Å². The third-order valence-corrected chi connectivity index (χ3v) is 4.57. The minimum Gasteiger partial charge on any atom is -0.273 e. The molecule has 14 heavy (non-hydrogen) atoms. The summed E-state index contributed by atoms with van der Waals surface area (Å²) in [5.41, 5.74) is -0.556. The first-order valence-electron chi connectivity index (χ1n) is 4.42. The van der Waals surface area contributed by atoms with E-state index in [4.69, 9.17) is 11.6 Å². The molecule has 0 bridgehead atoms. The van der Waals surface area contributed by atoms with Crippen molar-refractivity contribution in [3.63, 3.8) is 0 Å². The second-order valence-corrected chi connectivity index (χ2v) is 6.41. The van der Waals surface area contributed by atoms with Crippen molar-refractivity contribution in [3.8, 4) is 0 Å². The van der Waals surface area contributed by atoms with Gasteiger partial charge in [0.25, 0.3) is 0 Å². The zero-order valence-electron chi connectivity index (χ0n) is 8.29. The number of carbonyl (C=O) groups excluding carboxylic acids is 1. The molecule has 1 aliphatic rings. The minimum absolute atomic E-state index is 0.0204. The number of nitrogens with zero attached hydrogens (tertiary/aromatic N) is 1.